The van der Waals surface area contributed by atoms with Gasteiger partial charge in [0.05, 0.1) is 25.2 Å². The predicted octanol–water partition coefficient (Wildman–Crippen LogP) is 3.18. The Labute approximate surface area is 189 Å². The van der Waals surface area contributed by atoms with Gasteiger partial charge in [0, 0.05) is 5.56 Å². The minimum absolute atomic E-state index is 0.173. The molecule has 0 aromatic heterocycles. The van der Waals surface area contributed by atoms with E-state index in [9.17, 15) is 13.2 Å². The number of aliphatic imine (C=N–C) groups is 1. The fourth-order valence-electron chi connectivity index (χ4n) is 3.55. The first-order chi connectivity index (χ1) is 15.3. The maximum atomic E-state index is 13.1. The van der Waals surface area contributed by atoms with Crippen LogP contribution in [-0.2, 0) is 14.8 Å². The average molecular weight is 460 g/mol. The van der Waals surface area contributed by atoms with E-state index in [-0.39, 0.29) is 22.7 Å². The number of hydrogen-bond acceptors (Lipinski definition) is 6. The van der Waals surface area contributed by atoms with E-state index in [4.69, 9.17) is 9.47 Å². The van der Waals surface area contributed by atoms with Crippen LogP contribution in [0.4, 0.5) is 0 Å². The summed E-state index contributed by atoms with van der Waals surface area (Å²) in [5.41, 5.74) is 1.33. The molecule has 0 saturated heterocycles. The summed E-state index contributed by atoms with van der Waals surface area (Å²) in [6.07, 6.45) is 2.19. The molecule has 0 aliphatic carbocycles. The molecule has 2 aromatic rings. The molecule has 0 fully saturated rings. The largest absolute Gasteiger partial charge is 0.493 e. The molecule has 0 radical (unpaired) electrons. The Kier molecular flexibility index (Phi) is 7.40. The number of amidine groups is 1. The van der Waals surface area contributed by atoms with Gasteiger partial charge in [-0.05, 0) is 43.2 Å². The SMILES string of the molecule is CCCCC(N=C1NS(=O)(=O)c2ccccc21)C(=O)NC(C)c1ccc(OC)c(OC)c1. The topological polar surface area (TPSA) is 106 Å². The summed E-state index contributed by atoms with van der Waals surface area (Å²) >= 11 is 0. The third-order valence-corrected chi connectivity index (χ3v) is 6.74. The van der Waals surface area contributed by atoms with E-state index < -0.39 is 16.1 Å². The number of sulfonamides is 1. The lowest BCUT2D eigenvalue weighted by atomic mass is 10.1. The van der Waals surface area contributed by atoms with Gasteiger partial charge in [-0.25, -0.2) is 8.42 Å². The van der Waals surface area contributed by atoms with E-state index in [0.29, 0.717) is 23.5 Å². The molecular weight excluding hydrogens is 430 g/mol. The third kappa shape index (κ3) is 5.04. The zero-order valence-corrected chi connectivity index (χ0v) is 19.5. The molecule has 2 N–H and O–H groups in total. The Morgan fingerprint density at radius 2 is 1.84 bits per heavy atom. The van der Waals surface area contributed by atoms with E-state index in [0.717, 1.165) is 18.4 Å². The van der Waals surface area contributed by atoms with E-state index in [1.54, 1.807) is 38.5 Å². The van der Waals surface area contributed by atoms with Gasteiger partial charge in [0.15, 0.2) is 11.5 Å². The predicted molar refractivity (Wildman–Crippen MR) is 123 cm³/mol. The van der Waals surface area contributed by atoms with Crippen LogP contribution in [0.3, 0.4) is 0 Å². The standard InChI is InChI=1S/C23H29N3O5S/c1-5-6-10-18(25-22-17-9-7-8-11-21(17)32(28,29)26-22)23(27)24-15(2)16-12-13-19(30-3)20(14-16)31-4/h7-9,11-15,18H,5-6,10H2,1-4H3,(H,24,27)(H,25,26). The summed E-state index contributed by atoms with van der Waals surface area (Å²) in [5, 5.41) is 2.99. The van der Waals surface area contributed by atoms with Gasteiger partial charge in [0.25, 0.3) is 10.0 Å². The maximum Gasteiger partial charge on any atom is 0.263 e. The van der Waals surface area contributed by atoms with Gasteiger partial charge in [-0.1, -0.05) is 38.0 Å². The number of nitrogens with zero attached hydrogens (tertiary/aromatic N) is 1. The first-order valence-electron chi connectivity index (χ1n) is 10.5. The van der Waals surface area contributed by atoms with Crippen molar-refractivity contribution < 1.29 is 22.7 Å². The van der Waals surface area contributed by atoms with Crippen molar-refractivity contribution in [1.82, 2.24) is 10.0 Å². The van der Waals surface area contributed by atoms with Crippen molar-refractivity contribution >= 4 is 21.8 Å². The van der Waals surface area contributed by atoms with Crippen LogP contribution in [0.5, 0.6) is 11.5 Å². The normalized spacial score (nSPS) is 17.2. The molecule has 3 rings (SSSR count). The van der Waals surface area contributed by atoms with Gasteiger partial charge < -0.3 is 14.8 Å². The molecule has 0 bridgehead atoms. The minimum atomic E-state index is -3.67. The lowest BCUT2D eigenvalue weighted by molar-refractivity contribution is -0.123. The Hall–Kier alpha value is -3.07. The molecule has 0 saturated carbocycles. The number of amides is 1. The molecule has 1 heterocycles. The number of unbranched alkanes of at least 4 members (excludes halogenated alkanes) is 1. The van der Waals surface area contributed by atoms with E-state index in [1.807, 2.05) is 26.0 Å². The highest BCUT2D eigenvalue weighted by Crippen LogP contribution is 2.30. The van der Waals surface area contributed by atoms with Crippen molar-refractivity contribution in [3.05, 3.63) is 53.6 Å². The van der Waals surface area contributed by atoms with Crippen LogP contribution < -0.4 is 19.5 Å². The lowest BCUT2D eigenvalue weighted by Gasteiger charge is -2.20. The second kappa shape index (κ2) is 10.0. The number of ether oxygens (including phenoxy) is 2. The second-order valence-electron chi connectivity index (χ2n) is 7.58. The van der Waals surface area contributed by atoms with Gasteiger partial charge in [-0.2, -0.15) is 0 Å². The summed E-state index contributed by atoms with van der Waals surface area (Å²) in [6.45, 7) is 3.90. The number of rotatable bonds is 9. The highest BCUT2D eigenvalue weighted by atomic mass is 32.2. The summed E-state index contributed by atoms with van der Waals surface area (Å²) in [4.78, 5) is 17.8. The van der Waals surface area contributed by atoms with Gasteiger partial charge in [-0.15, -0.1) is 0 Å². The molecule has 2 aromatic carbocycles. The van der Waals surface area contributed by atoms with Gasteiger partial charge in [0.2, 0.25) is 5.91 Å². The van der Waals surface area contributed by atoms with Crippen molar-refractivity contribution in [1.29, 1.82) is 0 Å². The monoisotopic (exact) mass is 459 g/mol. The summed E-state index contributed by atoms with van der Waals surface area (Å²) in [6, 6.07) is 11.1. The first-order valence-corrected chi connectivity index (χ1v) is 12.0. The number of methoxy groups -OCH3 is 2. The zero-order chi connectivity index (χ0) is 23.3. The molecule has 1 aliphatic heterocycles. The van der Waals surface area contributed by atoms with Gasteiger partial charge in [0.1, 0.15) is 11.9 Å². The highest BCUT2D eigenvalue weighted by Gasteiger charge is 2.32. The van der Waals surface area contributed by atoms with Crippen LogP contribution in [0.15, 0.2) is 52.4 Å². The summed E-state index contributed by atoms with van der Waals surface area (Å²) < 4.78 is 37.9. The molecule has 8 nitrogen and oxygen atoms in total. The second-order valence-corrected chi connectivity index (χ2v) is 9.23. The van der Waals surface area contributed by atoms with E-state index >= 15 is 0 Å². The molecule has 32 heavy (non-hydrogen) atoms. The van der Waals surface area contributed by atoms with Crippen molar-refractivity contribution in [3.8, 4) is 11.5 Å². The molecule has 2 atom stereocenters. The number of fused-ring (bicyclic) bond motifs is 1. The average Bonchev–Trinajstić information content (AvgIpc) is 3.05. The Balaban J connectivity index is 1.84. The Morgan fingerprint density at radius 3 is 2.53 bits per heavy atom. The van der Waals surface area contributed by atoms with Crippen LogP contribution in [-0.4, -0.2) is 40.4 Å². The minimum Gasteiger partial charge on any atom is -0.493 e. The molecule has 9 heteroatoms. The fourth-order valence-corrected chi connectivity index (χ4v) is 4.79. The number of benzene rings is 2. The maximum absolute atomic E-state index is 13.1. The van der Waals surface area contributed by atoms with Crippen molar-refractivity contribution in [2.24, 2.45) is 4.99 Å². The van der Waals surface area contributed by atoms with E-state index in [1.165, 1.54) is 6.07 Å². The summed E-state index contributed by atoms with van der Waals surface area (Å²) in [5.74, 6) is 1.12. The smallest absolute Gasteiger partial charge is 0.263 e. The van der Waals surface area contributed by atoms with Crippen molar-refractivity contribution in [2.45, 2.75) is 50.1 Å². The fraction of sp³-hybridized carbons (Fsp3) is 0.391. The number of hydrogen-bond donors (Lipinski definition) is 2. The molecule has 1 aliphatic rings. The Bertz CT molecular complexity index is 1110. The van der Waals surface area contributed by atoms with E-state index in [2.05, 4.69) is 15.0 Å². The highest BCUT2D eigenvalue weighted by molar-refractivity contribution is 7.90. The van der Waals surface area contributed by atoms with Crippen molar-refractivity contribution in [3.63, 3.8) is 0 Å². The third-order valence-electron chi connectivity index (χ3n) is 5.35. The zero-order valence-electron chi connectivity index (χ0n) is 18.7. The van der Waals surface area contributed by atoms with Crippen LogP contribution in [0, 0.1) is 0 Å². The van der Waals surface area contributed by atoms with Crippen LogP contribution in [0.1, 0.15) is 50.3 Å². The quantitative estimate of drug-likeness (QED) is 0.599. The Morgan fingerprint density at radius 1 is 1.12 bits per heavy atom. The lowest BCUT2D eigenvalue weighted by Crippen LogP contribution is -2.37. The van der Waals surface area contributed by atoms with Crippen LogP contribution in [0.2, 0.25) is 0 Å². The molecule has 1 amide bonds. The number of carbonyl (C=O) groups excluding carboxylic acids is 1. The molecular formula is C23H29N3O5S. The van der Waals surface area contributed by atoms with Crippen LogP contribution in [0.25, 0.3) is 0 Å². The first kappa shape index (κ1) is 23.6. The molecule has 172 valence electrons. The van der Waals surface area contributed by atoms with Gasteiger partial charge in [-0.3, -0.25) is 14.5 Å². The number of carbonyl (C=O) groups is 1. The number of nitrogens with one attached hydrogen (secondary N) is 2. The van der Waals surface area contributed by atoms with Crippen LogP contribution >= 0.6 is 0 Å². The van der Waals surface area contributed by atoms with Crippen molar-refractivity contribution in [2.75, 3.05) is 14.2 Å². The summed E-state index contributed by atoms with van der Waals surface area (Å²) in [7, 11) is -0.542. The molecule has 2 unspecified atom stereocenters. The van der Waals surface area contributed by atoms with Gasteiger partial charge >= 0.3 is 0 Å². The molecule has 0 spiro atoms.